The number of hydrogen-bond acceptors (Lipinski definition) is 2. The Morgan fingerprint density at radius 2 is 1.96 bits per heavy atom. The number of anilines is 1. The fourth-order valence-corrected chi connectivity index (χ4v) is 3.79. The van der Waals surface area contributed by atoms with Crippen molar-refractivity contribution in [2.75, 3.05) is 11.9 Å². The van der Waals surface area contributed by atoms with Gasteiger partial charge in [-0.2, -0.15) is 5.10 Å². The minimum Gasteiger partial charge on any atom is -0.369 e. The van der Waals surface area contributed by atoms with E-state index in [1.165, 1.54) is 9.13 Å². The molecule has 1 aliphatic rings. The van der Waals surface area contributed by atoms with E-state index in [0.717, 1.165) is 35.7 Å². The predicted molar refractivity (Wildman–Crippen MR) is 104 cm³/mol. The predicted octanol–water partition coefficient (Wildman–Crippen LogP) is 5.42. The van der Waals surface area contributed by atoms with Gasteiger partial charge in [0.25, 0.3) is 0 Å². The Kier molecular flexibility index (Phi) is 3.99. The Labute approximate surface area is 157 Å². The first-order chi connectivity index (χ1) is 11.1. The van der Waals surface area contributed by atoms with Crippen LogP contribution >= 0.6 is 45.8 Å². The van der Waals surface area contributed by atoms with Crippen LogP contribution in [0.15, 0.2) is 42.5 Å². The number of fused-ring (bicyclic) bond motifs is 1. The fraction of sp³-hybridized carbons (Fsp3) is 0.118. The third-order valence-corrected chi connectivity index (χ3v) is 5.39. The van der Waals surface area contributed by atoms with Crippen LogP contribution < -0.4 is 5.32 Å². The van der Waals surface area contributed by atoms with E-state index in [9.17, 15) is 0 Å². The molecule has 0 bridgehead atoms. The van der Waals surface area contributed by atoms with E-state index in [-0.39, 0.29) is 0 Å². The van der Waals surface area contributed by atoms with Crippen molar-refractivity contribution in [1.82, 2.24) is 9.78 Å². The molecule has 1 aromatic heterocycles. The summed E-state index contributed by atoms with van der Waals surface area (Å²) in [5, 5.41) is 9.28. The number of hydrogen-bond donors (Lipinski definition) is 1. The zero-order valence-electron chi connectivity index (χ0n) is 12.0. The third-order valence-electron chi connectivity index (χ3n) is 3.91. The van der Waals surface area contributed by atoms with Crippen molar-refractivity contribution in [2.45, 2.75) is 6.42 Å². The summed E-state index contributed by atoms with van der Waals surface area (Å²) in [6, 6.07) is 14.0. The van der Waals surface area contributed by atoms with Crippen LogP contribution in [0, 0.1) is 3.57 Å². The minimum absolute atomic E-state index is 0.516. The van der Waals surface area contributed by atoms with Gasteiger partial charge in [0.15, 0.2) is 0 Å². The monoisotopic (exact) mass is 455 g/mol. The molecule has 6 heteroatoms. The van der Waals surface area contributed by atoms with E-state index in [2.05, 4.69) is 52.2 Å². The van der Waals surface area contributed by atoms with Gasteiger partial charge in [0, 0.05) is 21.2 Å². The van der Waals surface area contributed by atoms with Crippen molar-refractivity contribution < 1.29 is 0 Å². The second-order valence-electron chi connectivity index (χ2n) is 5.35. The molecular formula is C17H12Cl2IN3. The van der Waals surface area contributed by atoms with Gasteiger partial charge in [0.1, 0.15) is 5.82 Å². The zero-order valence-corrected chi connectivity index (χ0v) is 15.7. The van der Waals surface area contributed by atoms with Gasteiger partial charge >= 0.3 is 0 Å². The first kappa shape index (κ1) is 15.3. The lowest BCUT2D eigenvalue weighted by molar-refractivity contribution is 0.882. The van der Waals surface area contributed by atoms with Gasteiger partial charge in [-0.15, -0.1) is 0 Å². The van der Waals surface area contributed by atoms with Crippen molar-refractivity contribution in [2.24, 2.45) is 0 Å². The number of benzene rings is 2. The highest BCUT2D eigenvalue weighted by Crippen LogP contribution is 2.37. The highest BCUT2D eigenvalue weighted by atomic mass is 127. The highest BCUT2D eigenvalue weighted by molar-refractivity contribution is 14.1. The largest absolute Gasteiger partial charge is 0.369 e. The summed E-state index contributed by atoms with van der Waals surface area (Å²) in [4.78, 5) is 0. The molecule has 1 aliphatic heterocycles. The van der Waals surface area contributed by atoms with Crippen molar-refractivity contribution in [1.29, 1.82) is 0 Å². The van der Waals surface area contributed by atoms with Gasteiger partial charge in [-0.3, -0.25) is 0 Å². The first-order valence-corrected chi connectivity index (χ1v) is 9.04. The van der Waals surface area contributed by atoms with E-state index in [1.807, 2.05) is 16.8 Å². The van der Waals surface area contributed by atoms with Gasteiger partial charge < -0.3 is 5.32 Å². The molecule has 2 heterocycles. The van der Waals surface area contributed by atoms with Crippen LogP contribution in [0.2, 0.25) is 10.0 Å². The lowest BCUT2D eigenvalue weighted by Gasteiger charge is -2.09. The molecule has 0 fully saturated rings. The highest BCUT2D eigenvalue weighted by Gasteiger charge is 2.25. The second-order valence-corrected chi connectivity index (χ2v) is 7.38. The van der Waals surface area contributed by atoms with Crippen LogP contribution in [0.3, 0.4) is 0 Å². The summed E-state index contributed by atoms with van der Waals surface area (Å²) < 4.78 is 3.06. The number of aromatic nitrogens is 2. The second kappa shape index (κ2) is 6.00. The van der Waals surface area contributed by atoms with Gasteiger partial charge in [-0.05, 0) is 53.3 Å². The molecule has 1 N–H and O–H groups in total. The van der Waals surface area contributed by atoms with E-state index in [1.54, 1.807) is 6.07 Å². The maximum Gasteiger partial charge on any atom is 0.133 e. The molecule has 23 heavy (non-hydrogen) atoms. The molecule has 0 spiro atoms. The Balaban J connectivity index is 1.93. The summed E-state index contributed by atoms with van der Waals surface area (Å²) in [5.74, 6) is 1.00. The Hall–Kier alpha value is -1.24. The van der Waals surface area contributed by atoms with Crippen molar-refractivity contribution in [3.05, 3.63) is 61.6 Å². The molecule has 4 rings (SSSR count). The summed E-state index contributed by atoms with van der Waals surface area (Å²) in [6.07, 6.45) is 0.953. The van der Waals surface area contributed by atoms with Crippen molar-refractivity contribution in [3.63, 3.8) is 0 Å². The Morgan fingerprint density at radius 1 is 1.13 bits per heavy atom. The quantitative estimate of drug-likeness (QED) is 0.523. The van der Waals surface area contributed by atoms with E-state index < -0.39 is 0 Å². The average molecular weight is 456 g/mol. The zero-order chi connectivity index (χ0) is 16.0. The topological polar surface area (TPSA) is 29.9 Å². The summed E-state index contributed by atoms with van der Waals surface area (Å²) in [6.45, 7) is 0.905. The van der Waals surface area contributed by atoms with E-state index in [0.29, 0.717) is 10.0 Å². The molecule has 2 aromatic carbocycles. The molecule has 0 saturated carbocycles. The van der Waals surface area contributed by atoms with Crippen LogP contribution in [0.4, 0.5) is 5.82 Å². The van der Waals surface area contributed by atoms with Crippen molar-refractivity contribution in [3.8, 4) is 16.9 Å². The molecule has 0 unspecified atom stereocenters. The van der Waals surface area contributed by atoms with Crippen molar-refractivity contribution >= 4 is 51.6 Å². The lowest BCUT2D eigenvalue weighted by atomic mass is 10.1. The minimum atomic E-state index is 0.516. The summed E-state index contributed by atoms with van der Waals surface area (Å²) in [7, 11) is 0. The van der Waals surface area contributed by atoms with Gasteiger partial charge in [-0.1, -0.05) is 41.4 Å². The molecule has 0 radical (unpaired) electrons. The van der Waals surface area contributed by atoms with Gasteiger partial charge in [0.2, 0.25) is 0 Å². The molecule has 0 atom stereocenters. The van der Waals surface area contributed by atoms with Gasteiger partial charge in [0.05, 0.1) is 21.4 Å². The smallest absolute Gasteiger partial charge is 0.133 e. The molecular weight excluding hydrogens is 444 g/mol. The average Bonchev–Trinajstić information content (AvgIpc) is 3.12. The molecule has 0 saturated heterocycles. The maximum absolute atomic E-state index is 6.39. The first-order valence-electron chi connectivity index (χ1n) is 7.21. The SMILES string of the molecule is Clc1cccc(-n2nc(-c3cccc(I)c3)c3c2NCC3)c1Cl. The molecule has 116 valence electrons. The normalized spacial score (nSPS) is 13.0. The van der Waals surface area contributed by atoms with Crippen LogP contribution in [0.25, 0.3) is 16.9 Å². The van der Waals surface area contributed by atoms with Crippen LogP contribution in [0.1, 0.15) is 5.56 Å². The molecule has 3 aromatic rings. The Morgan fingerprint density at radius 3 is 2.78 bits per heavy atom. The summed E-state index contributed by atoms with van der Waals surface area (Å²) in [5.41, 5.74) is 4.14. The van der Waals surface area contributed by atoms with E-state index in [4.69, 9.17) is 28.3 Å². The lowest BCUT2D eigenvalue weighted by Crippen LogP contribution is -2.05. The Bertz CT molecular complexity index is 905. The maximum atomic E-state index is 6.39. The molecule has 0 amide bonds. The van der Waals surface area contributed by atoms with Gasteiger partial charge in [-0.25, -0.2) is 4.68 Å². The third kappa shape index (κ3) is 2.62. The van der Waals surface area contributed by atoms with Crippen LogP contribution in [-0.4, -0.2) is 16.3 Å². The van der Waals surface area contributed by atoms with Crippen LogP contribution in [-0.2, 0) is 6.42 Å². The molecule has 0 aliphatic carbocycles. The standard InChI is InChI=1S/C17H12Cl2IN3/c18-13-5-2-6-14(15(13)19)23-17-12(7-8-21-17)16(22-23)10-3-1-4-11(20)9-10/h1-6,9,21H,7-8H2. The van der Waals surface area contributed by atoms with Crippen LogP contribution in [0.5, 0.6) is 0 Å². The fourth-order valence-electron chi connectivity index (χ4n) is 2.87. The van der Waals surface area contributed by atoms with E-state index >= 15 is 0 Å². The number of halogens is 3. The molecule has 3 nitrogen and oxygen atoms in total. The number of nitrogens with zero attached hydrogens (tertiary/aromatic N) is 2. The summed E-state index contributed by atoms with van der Waals surface area (Å²) >= 11 is 14.9. The number of nitrogens with one attached hydrogen (secondary N) is 1. The number of rotatable bonds is 2.